The quantitative estimate of drug-likeness (QED) is 0.715. The summed E-state index contributed by atoms with van der Waals surface area (Å²) in [5.41, 5.74) is -0.682. The summed E-state index contributed by atoms with van der Waals surface area (Å²) in [6.07, 6.45) is -5.17. The number of hydrogen-bond acceptors (Lipinski definition) is 4. The highest BCUT2D eigenvalue weighted by Gasteiger charge is 2.35. The van der Waals surface area contributed by atoms with Crippen LogP contribution >= 0.6 is 11.6 Å². The maximum atomic E-state index is 12.2. The number of halogens is 4. The molecule has 0 saturated carbocycles. The molecule has 124 valence electrons. The highest BCUT2D eigenvalue weighted by atomic mass is 35.5. The summed E-state index contributed by atoms with van der Waals surface area (Å²) >= 11 is 6.03. The Kier molecular flexibility index (Phi) is 3.80. The zero-order chi connectivity index (χ0) is 17.5. The standard InChI is InChI=1S/C14H7ClF3N3O3/c15-11-10(7-4-2-1-3-5-7)12-19-8(6-9(22)21(12)20-11)13(23)24-14(16,17)18/h1-6,19H. The average molecular weight is 358 g/mol. The van der Waals surface area contributed by atoms with Gasteiger partial charge in [-0.25, -0.2) is 4.79 Å². The number of carbonyl (C=O) groups excluding carboxylic acids is 1. The number of ether oxygens (including phenoxy) is 1. The van der Waals surface area contributed by atoms with E-state index in [1.807, 2.05) is 0 Å². The molecule has 0 aliphatic heterocycles. The first-order valence-electron chi connectivity index (χ1n) is 6.43. The lowest BCUT2D eigenvalue weighted by Gasteiger charge is -2.07. The molecule has 0 fully saturated rings. The molecule has 0 unspecified atom stereocenters. The Bertz CT molecular complexity index is 980. The predicted molar refractivity (Wildman–Crippen MR) is 77.7 cm³/mol. The van der Waals surface area contributed by atoms with E-state index in [-0.39, 0.29) is 16.4 Å². The molecule has 6 nitrogen and oxygen atoms in total. The van der Waals surface area contributed by atoms with Gasteiger partial charge in [0.25, 0.3) is 5.56 Å². The van der Waals surface area contributed by atoms with Crippen molar-refractivity contribution in [1.29, 1.82) is 0 Å². The van der Waals surface area contributed by atoms with Crippen LogP contribution in [0.4, 0.5) is 13.2 Å². The molecule has 0 aliphatic carbocycles. The Morgan fingerprint density at radius 1 is 1.25 bits per heavy atom. The lowest BCUT2D eigenvalue weighted by molar-refractivity contribution is -0.292. The van der Waals surface area contributed by atoms with Gasteiger partial charge in [0.1, 0.15) is 11.3 Å². The van der Waals surface area contributed by atoms with Crippen molar-refractivity contribution in [2.45, 2.75) is 6.36 Å². The summed E-state index contributed by atoms with van der Waals surface area (Å²) in [5.74, 6) is -1.74. The summed E-state index contributed by atoms with van der Waals surface area (Å²) < 4.78 is 40.7. The molecule has 24 heavy (non-hydrogen) atoms. The van der Waals surface area contributed by atoms with Crippen LogP contribution in [0.25, 0.3) is 16.8 Å². The summed E-state index contributed by atoms with van der Waals surface area (Å²) in [6.45, 7) is 0. The Balaban J connectivity index is 2.20. The Morgan fingerprint density at radius 3 is 2.54 bits per heavy atom. The van der Waals surface area contributed by atoms with Gasteiger partial charge in [0.15, 0.2) is 5.15 Å². The molecule has 0 spiro atoms. The van der Waals surface area contributed by atoms with Crippen LogP contribution in [0.5, 0.6) is 0 Å². The van der Waals surface area contributed by atoms with Crippen molar-refractivity contribution >= 4 is 23.2 Å². The third-order valence-corrected chi connectivity index (χ3v) is 3.33. The van der Waals surface area contributed by atoms with Gasteiger partial charge in [-0.1, -0.05) is 41.9 Å². The Labute approximate surface area is 136 Å². The number of fused-ring (bicyclic) bond motifs is 1. The second kappa shape index (κ2) is 5.68. The van der Waals surface area contributed by atoms with Crippen LogP contribution in [-0.2, 0) is 4.74 Å². The fourth-order valence-corrected chi connectivity index (χ4v) is 2.42. The van der Waals surface area contributed by atoms with E-state index in [4.69, 9.17) is 11.6 Å². The first kappa shape index (κ1) is 16.1. The topological polar surface area (TPSA) is 76.5 Å². The molecule has 3 aromatic rings. The van der Waals surface area contributed by atoms with E-state index in [2.05, 4.69) is 14.8 Å². The van der Waals surface area contributed by atoms with Crippen molar-refractivity contribution in [3.8, 4) is 11.1 Å². The summed E-state index contributed by atoms with van der Waals surface area (Å²) in [7, 11) is 0. The molecule has 0 atom stereocenters. The van der Waals surface area contributed by atoms with Gasteiger partial charge >= 0.3 is 12.3 Å². The molecule has 0 saturated heterocycles. The number of aromatic nitrogens is 3. The van der Waals surface area contributed by atoms with E-state index in [1.54, 1.807) is 30.3 Å². The van der Waals surface area contributed by atoms with Gasteiger partial charge in [-0.05, 0) is 5.56 Å². The first-order valence-corrected chi connectivity index (χ1v) is 6.81. The van der Waals surface area contributed by atoms with E-state index in [9.17, 15) is 22.8 Å². The number of alkyl halides is 3. The highest BCUT2D eigenvalue weighted by Crippen LogP contribution is 2.30. The molecule has 2 aromatic heterocycles. The third-order valence-electron chi connectivity index (χ3n) is 3.06. The number of benzene rings is 1. The van der Waals surface area contributed by atoms with Crippen LogP contribution < -0.4 is 5.56 Å². The molecule has 0 amide bonds. The number of H-pyrrole nitrogens is 1. The van der Waals surface area contributed by atoms with Crippen LogP contribution in [0.1, 0.15) is 10.5 Å². The zero-order valence-corrected chi connectivity index (χ0v) is 12.4. The smallest absolute Gasteiger partial charge is 0.368 e. The summed E-state index contributed by atoms with van der Waals surface area (Å²) in [6, 6.07) is 9.14. The fraction of sp³-hybridized carbons (Fsp3) is 0.0714. The van der Waals surface area contributed by atoms with Crippen molar-refractivity contribution in [2.24, 2.45) is 0 Å². The average Bonchev–Trinajstić information content (AvgIpc) is 2.83. The van der Waals surface area contributed by atoms with Crippen LogP contribution in [0, 0.1) is 0 Å². The molecular weight excluding hydrogens is 351 g/mol. The van der Waals surface area contributed by atoms with Gasteiger partial charge in [-0.3, -0.25) is 4.79 Å². The van der Waals surface area contributed by atoms with Crippen LogP contribution in [0.3, 0.4) is 0 Å². The van der Waals surface area contributed by atoms with Crippen molar-refractivity contribution in [3.05, 3.63) is 57.6 Å². The van der Waals surface area contributed by atoms with Gasteiger partial charge in [0, 0.05) is 6.07 Å². The lowest BCUT2D eigenvalue weighted by atomic mass is 10.1. The molecule has 0 bridgehead atoms. The van der Waals surface area contributed by atoms with Gasteiger partial charge in [-0.2, -0.15) is 9.61 Å². The SMILES string of the molecule is O=C(OC(F)(F)F)c1cc(=O)n2nc(Cl)c(-c3ccccc3)c2[nH]1. The van der Waals surface area contributed by atoms with Crippen LogP contribution in [0.15, 0.2) is 41.2 Å². The molecule has 1 N–H and O–H groups in total. The maximum Gasteiger partial charge on any atom is 0.575 e. The summed E-state index contributed by atoms with van der Waals surface area (Å²) in [4.78, 5) is 26.0. The number of nitrogens with zero attached hydrogens (tertiary/aromatic N) is 2. The fourth-order valence-electron chi connectivity index (χ4n) is 2.15. The van der Waals surface area contributed by atoms with E-state index in [0.29, 0.717) is 11.6 Å². The number of nitrogens with one attached hydrogen (secondary N) is 1. The van der Waals surface area contributed by atoms with E-state index < -0.39 is 23.6 Å². The zero-order valence-electron chi connectivity index (χ0n) is 11.6. The first-order chi connectivity index (χ1) is 11.3. The third kappa shape index (κ3) is 2.98. The molecule has 10 heteroatoms. The van der Waals surface area contributed by atoms with Crippen molar-refractivity contribution in [3.63, 3.8) is 0 Å². The van der Waals surface area contributed by atoms with Crippen LogP contribution in [0.2, 0.25) is 5.15 Å². The molecule has 0 radical (unpaired) electrons. The summed E-state index contributed by atoms with van der Waals surface area (Å²) in [5, 5.41) is 3.78. The molecule has 0 aliphatic rings. The van der Waals surface area contributed by atoms with Crippen molar-refractivity contribution in [2.75, 3.05) is 0 Å². The highest BCUT2D eigenvalue weighted by molar-refractivity contribution is 6.33. The van der Waals surface area contributed by atoms with E-state index >= 15 is 0 Å². The van der Waals surface area contributed by atoms with Gasteiger partial charge < -0.3 is 9.72 Å². The second-order valence-electron chi connectivity index (χ2n) is 4.65. The minimum atomic E-state index is -5.17. The lowest BCUT2D eigenvalue weighted by Crippen LogP contribution is -2.23. The van der Waals surface area contributed by atoms with Gasteiger partial charge in [0.2, 0.25) is 0 Å². The minimum Gasteiger partial charge on any atom is -0.368 e. The Morgan fingerprint density at radius 2 is 1.92 bits per heavy atom. The maximum absolute atomic E-state index is 12.2. The van der Waals surface area contributed by atoms with Crippen molar-refractivity contribution < 1.29 is 22.7 Å². The largest absolute Gasteiger partial charge is 0.575 e. The number of rotatable bonds is 2. The number of hydrogen-bond donors (Lipinski definition) is 1. The van der Waals surface area contributed by atoms with E-state index in [0.717, 1.165) is 4.52 Å². The van der Waals surface area contributed by atoms with Gasteiger partial charge in [0.05, 0.1) is 5.56 Å². The molecule has 1 aromatic carbocycles. The normalized spacial score (nSPS) is 11.7. The number of carbonyl (C=O) groups is 1. The number of aromatic amines is 1. The predicted octanol–water partition coefficient (Wildman–Crippen LogP) is 3.02. The van der Waals surface area contributed by atoms with Crippen molar-refractivity contribution in [1.82, 2.24) is 14.6 Å². The molecule has 3 rings (SSSR count). The minimum absolute atomic E-state index is 0.0205. The molecule has 2 heterocycles. The number of esters is 1. The molecular formula is C14H7ClF3N3O3. The van der Waals surface area contributed by atoms with Crippen LogP contribution in [-0.4, -0.2) is 26.9 Å². The second-order valence-corrected chi connectivity index (χ2v) is 5.01. The van der Waals surface area contributed by atoms with E-state index in [1.165, 1.54) is 0 Å². The monoisotopic (exact) mass is 357 g/mol. The van der Waals surface area contributed by atoms with Gasteiger partial charge in [-0.15, -0.1) is 13.2 Å². The Hall–Kier alpha value is -2.81.